The van der Waals surface area contributed by atoms with E-state index in [-0.39, 0.29) is 22.9 Å². The molecule has 0 heterocycles. The average molecular weight is 393 g/mol. The maximum Gasteiger partial charge on any atom is 0.253 e. The first kappa shape index (κ1) is 20.7. The van der Waals surface area contributed by atoms with Crippen molar-refractivity contribution in [2.24, 2.45) is 0 Å². The lowest BCUT2D eigenvalue weighted by molar-refractivity contribution is 0.0680. The van der Waals surface area contributed by atoms with Crippen LogP contribution in [0.2, 0.25) is 0 Å². The zero-order valence-corrected chi connectivity index (χ0v) is 16.5. The number of aliphatic hydroxyl groups is 1. The zero-order chi connectivity index (χ0) is 20.2. The second kappa shape index (κ2) is 8.41. The molecule has 27 heavy (non-hydrogen) atoms. The van der Waals surface area contributed by atoms with E-state index in [4.69, 9.17) is 9.47 Å². The van der Waals surface area contributed by atoms with E-state index in [1.54, 1.807) is 25.2 Å². The molecule has 146 valence electrons. The molecule has 0 fully saturated rings. The summed E-state index contributed by atoms with van der Waals surface area (Å²) in [4.78, 5) is 14.0. The van der Waals surface area contributed by atoms with Crippen LogP contribution < -0.4 is 9.47 Å². The topological polar surface area (TPSA) is 93.1 Å². The lowest BCUT2D eigenvalue weighted by Crippen LogP contribution is -2.31. The van der Waals surface area contributed by atoms with Gasteiger partial charge in [-0.25, -0.2) is 8.42 Å². The molecule has 0 radical (unpaired) electrons. The van der Waals surface area contributed by atoms with E-state index in [1.807, 2.05) is 0 Å². The molecule has 0 aliphatic rings. The van der Waals surface area contributed by atoms with E-state index in [9.17, 15) is 18.3 Å². The molecule has 0 saturated heterocycles. The van der Waals surface area contributed by atoms with Crippen LogP contribution in [0.5, 0.6) is 11.5 Å². The highest BCUT2D eigenvalue weighted by molar-refractivity contribution is 7.90. The van der Waals surface area contributed by atoms with Crippen LogP contribution >= 0.6 is 0 Å². The van der Waals surface area contributed by atoms with Crippen LogP contribution in [0, 0.1) is 0 Å². The summed E-state index contributed by atoms with van der Waals surface area (Å²) in [7, 11) is 1.15. The fraction of sp³-hybridized carbons (Fsp3) is 0.316. The Bertz CT molecular complexity index is 926. The van der Waals surface area contributed by atoms with Gasteiger partial charge in [-0.2, -0.15) is 0 Å². The van der Waals surface area contributed by atoms with Gasteiger partial charge >= 0.3 is 0 Å². The van der Waals surface area contributed by atoms with Crippen LogP contribution in [0.15, 0.2) is 47.4 Å². The van der Waals surface area contributed by atoms with Gasteiger partial charge < -0.3 is 19.5 Å². The fourth-order valence-electron chi connectivity index (χ4n) is 2.59. The second-order valence-electron chi connectivity index (χ2n) is 6.12. The van der Waals surface area contributed by atoms with Gasteiger partial charge in [-0.15, -0.1) is 0 Å². The normalized spacial score (nSPS) is 12.3. The molecule has 0 aliphatic carbocycles. The number of ether oxygens (including phenoxy) is 2. The predicted molar refractivity (Wildman–Crippen MR) is 101 cm³/mol. The van der Waals surface area contributed by atoms with Gasteiger partial charge in [0.1, 0.15) is 0 Å². The summed E-state index contributed by atoms with van der Waals surface area (Å²) in [5.74, 6) is 0.624. The van der Waals surface area contributed by atoms with Crippen molar-refractivity contribution in [1.29, 1.82) is 0 Å². The summed E-state index contributed by atoms with van der Waals surface area (Å²) in [5, 5.41) is 10.5. The van der Waals surface area contributed by atoms with E-state index >= 15 is 0 Å². The Balaban J connectivity index is 2.17. The van der Waals surface area contributed by atoms with E-state index < -0.39 is 15.9 Å². The number of aliphatic hydroxyl groups excluding tert-OH is 1. The fourth-order valence-corrected chi connectivity index (χ4v) is 3.25. The number of amides is 1. The molecule has 0 aromatic heterocycles. The third-order valence-electron chi connectivity index (χ3n) is 4.10. The number of rotatable bonds is 7. The molecule has 8 heteroatoms. The molecule has 0 bridgehead atoms. The summed E-state index contributed by atoms with van der Waals surface area (Å²) < 4.78 is 33.7. The van der Waals surface area contributed by atoms with Gasteiger partial charge in [-0.05, 0) is 35.9 Å². The van der Waals surface area contributed by atoms with Crippen LogP contribution in [0.4, 0.5) is 0 Å². The Morgan fingerprint density at radius 2 is 1.78 bits per heavy atom. The molecule has 0 aliphatic heterocycles. The zero-order valence-electron chi connectivity index (χ0n) is 15.7. The van der Waals surface area contributed by atoms with Crippen molar-refractivity contribution in [2.75, 3.05) is 34.1 Å². The van der Waals surface area contributed by atoms with E-state index in [0.717, 1.165) is 6.26 Å². The lowest BCUT2D eigenvalue weighted by atomic mass is 10.1. The maximum absolute atomic E-state index is 12.6. The molecule has 0 spiro atoms. The van der Waals surface area contributed by atoms with Gasteiger partial charge in [-0.3, -0.25) is 4.79 Å². The van der Waals surface area contributed by atoms with Crippen LogP contribution in [-0.4, -0.2) is 58.4 Å². The smallest absolute Gasteiger partial charge is 0.253 e. The molecule has 7 nitrogen and oxygen atoms in total. The summed E-state index contributed by atoms with van der Waals surface area (Å²) in [6.07, 6.45) is 0.137. The number of sulfone groups is 1. The first-order valence-electron chi connectivity index (χ1n) is 8.13. The number of likely N-dealkylation sites (N-methyl/N-ethyl adjacent to an activating group) is 1. The number of carbonyl (C=O) groups is 1. The monoisotopic (exact) mass is 393 g/mol. The van der Waals surface area contributed by atoms with Crippen molar-refractivity contribution in [2.45, 2.75) is 11.0 Å². The van der Waals surface area contributed by atoms with Gasteiger partial charge in [0, 0.05) is 18.9 Å². The first-order chi connectivity index (χ1) is 12.7. The number of nitrogens with zero attached hydrogens (tertiary/aromatic N) is 1. The standard InChI is InChI=1S/C19H23NO6S/c1-20(19(22)14-6-5-7-15(10-14)27(4,23)24)12-16(21)13-8-9-17(25-2)18(11-13)26-3/h5-11,16,21H,12H2,1-4H3. The van der Waals surface area contributed by atoms with Crippen molar-refractivity contribution < 1.29 is 27.8 Å². The number of benzene rings is 2. The van der Waals surface area contributed by atoms with Crippen molar-refractivity contribution in [3.05, 3.63) is 53.6 Å². The van der Waals surface area contributed by atoms with E-state index in [2.05, 4.69) is 0 Å². The van der Waals surface area contributed by atoms with Crippen molar-refractivity contribution in [3.63, 3.8) is 0 Å². The lowest BCUT2D eigenvalue weighted by Gasteiger charge is -2.22. The Kier molecular flexibility index (Phi) is 6.45. The highest BCUT2D eigenvalue weighted by Crippen LogP contribution is 2.30. The third-order valence-corrected chi connectivity index (χ3v) is 5.21. The summed E-state index contributed by atoms with van der Waals surface area (Å²) in [6, 6.07) is 10.8. The molecular weight excluding hydrogens is 370 g/mol. The minimum atomic E-state index is -3.41. The quantitative estimate of drug-likeness (QED) is 0.772. The highest BCUT2D eigenvalue weighted by atomic mass is 32.2. The van der Waals surface area contributed by atoms with Gasteiger partial charge in [0.2, 0.25) is 0 Å². The van der Waals surface area contributed by atoms with Crippen LogP contribution in [0.3, 0.4) is 0 Å². The van der Waals surface area contributed by atoms with Crippen molar-refractivity contribution in [1.82, 2.24) is 4.90 Å². The van der Waals surface area contributed by atoms with Gasteiger partial charge in [0.25, 0.3) is 5.91 Å². The molecule has 1 amide bonds. The molecule has 1 atom stereocenters. The summed E-state index contributed by atoms with van der Waals surface area (Å²) in [5.41, 5.74) is 0.803. The molecule has 2 aromatic carbocycles. The van der Waals surface area contributed by atoms with Gasteiger partial charge in [0.05, 0.1) is 31.8 Å². The minimum absolute atomic E-state index is 0.0252. The third kappa shape index (κ3) is 4.99. The van der Waals surface area contributed by atoms with Crippen LogP contribution in [-0.2, 0) is 9.84 Å². The number of methoxy groups -OCH3 is 2. The maximum atomic E-state index is 12.6. The Labute approximate surface area is 159 Å². The largest absolute Gasteiger partial charge is 0.493 e. The Morgan fingerprint density at radius 3 is 2.37 bits per heavy atom. The first-order valence-corrected chi connectivity index (χ1v) is 10.0. The number of hydrogen-bond acceptors (Lipinski definition) is 6. The van der Waals surface area contributed by atoms with Crippen molar-refractivity contribution >= 4 is 15.7 Å². The predicted octanol–water partition coefficient (Wildman–Crippen LogP) is 1.91. The second-order valence-corrected chi connectivity index (χ2v) is 8.13. The van der Waals surface area contributed by atoms with E-state index in [0.29, 0.717) is 17.1 Å². The SMILES string of the molecule is COc1ccc(C(O)CN(C)C(=O)c2cccc(S(C)(=O)=O)c2)cc1OC. The Morgan fingerprint density at radius 1 is 1.11 bits per heavy atom. The molecular formula is C19H23NO6S. The van der Waals surface area contributed by atoms with Crippen LogP contribution in [0.25, 0.3) is 0 Å². The molecule has 2 aromatic rings. The molecule has 2 rings (SSSR count). The van der Waals surface area contributed by atoms with Gasteiger partial charge in [0.15, 0.2) is 21.3 Å². The number of carbonyl (C=O) groups excluding carboxylic acids is 1. The molecule has 1 N–H and O–H groups in total. The Hall–Kier alpha value is -2.58. The number of hydrogen-bond donors (Lipinski definition) is 1. The summed E-state index contributed by atoms with van der Waals surface area (Å²) in [6.45, 7) is 0.0252. The molecule has 0 saturated carbocycles. The summed E-state index contributed by atoms with van der Waals surface area (Å²) >= 11 is 0. The average Bonchev–Trinajstić information content (AvgIpc) is 2.66. The molecule has 1 unspecified atom stereocenters. The highest BCUT2D eigenvalue weighted by Gasteiger charge is 2.19. The van der Waals surface area contributed by atoms with E-state index in [1.165, 1.54) is 43.4 Å². The van der Waals surface area contributed by atoms with Gasteiger partial charge in [-0.1, -0.05) is 12.1 Å². The van der Waals surface area contributed by atoms with Crippen molar-refractivity contribution in [3.8, 4) is 11.5 Å². The van der Waals surface area contributed by atoms with Crippen LogP contribution in [0.1, 0.15) is 22.0 Å². The minimum Gasteiger partial charge on any atom is -0.493 e.